The highest BCUT2D eigenvalue weighted by Crippen LogP contribution is 2.40. The fraction of sp³-hybridized carbons (Fsp3) is 0.200. The molecule has 2 aromatic carbocycles. The molecule has 0 saturated carbocycles. The first-order chi connectivity index (χ1) is 18.9. The summed E-state index contributed by atoms with van der Waals surface area (Å²) in [7, 11) is 1.57. The number of hydrogen-bond donors (Lipinski definition) is 1. The number of nitrogens with one attached hydrogen (secondary N) is 1. The van der Waals surface area contributed by atoms with Crippen LogP contribution in [-0.4, -0.2) is 50.7 Å². The van der Waals surface area contributed by atoms with E-state index in [0.29, 0.717) is 30.1 Å². The number of pyridine rings is 1. The van der Waals surface area contributed by atoms with Crippen LogP contribution in [0.4, 0.5) is 0 Å². The Morgan fingerprint density at radius 1 is 0.949 bits per heavy atom. The van der Waals surface area contributed by atoms with Crippen LogP contribution in [0.3, 0.4) is 0 Å². The van der Waals surface area contributed by atoms with E-state index in [2.05, 4.69) is 4.98 Å². The van der Waals surface area contributed by atoms with Crippen molar-refractivity contribution in [2.75, 3.05) is 20.2 Å². The number of carbonyl (C=O) groups excluding carboxylic acids is 2. The van der Waals surface area contributed by atoms with Gasteiger partial charge in [-0.1, -0.05) is 36.4 Å². The van der Waals surface area contributed by atoms with Crippen molar-refractivity contribution >= 4 is 28.1 Å². The molecule has 0 aliphatic heterocycles. The van der Waals surface area contributed by atoms with Crippen molar-refractivity contribution in [3.8, 4) is 16.9 Å². The highest BCUT2D eigenvalue weighted by molar-refractivity contribution is 6.15. The van der Waals surface area contributed by atoms with Crippen molar-refractivity contribution < 1.29 is 14.3 Å². The van der Waals surface area contributed by atoms with Crippen LogP contribution in [-0.2, 0) is 11.3 Å². The molecular formula is C30H28N4O5. The molecule has 9 nitrogen and oxygen atoms in total. The highest BCUT2D eigenvalue weighted by atomic mass is 16.5. The average molecular weight is 525 g/mol. The molecule has 0 bridgehead atoms. The van der Waals surface area contributed by atoms with Gasteiger partial charge in [0.05, 0.1) is 29.1 Å². The summed E-state index contributed by atoms with van der Waals surface area (Å²) in [5, 5.41) is 0.141. The number of benzene rings is 2. The van der Waals surface area contributed by atoms with Crippen molar-refractivity contribution in [3.05, 3.63) is 105 Å². The van der Waals surface area contributed by atoms with E-state index in [4.69, 9.17) is 4.74 Å². The second-order valence-electron chi connectivity index (χ2n) is 9.06. The molecule has 1 N–H and O–H groups in total. The Hall–Kier alpha value is -4.92. The van der Waals surface area contributed by atoms with E-state index in [9.17, 15) is 19.2 Å². The molecule has 0 radical (unpaired) electrons. The van der Waals surface area contributed by atoms with Gasteiger partial charge in [-0.3, -0.25) is 19.0 Å². The molecule has 0 aliphatic rings. The summed E-state index contributed by atoms with van der Waals surface area (Å²) >= 11 is 0. The Morgan fingerprint density at radius 2 is 1.67 bits per heavy atom. The van der Waals surface area contributed by atoms with Crippen LogP contribution in [0.5, 0.6) is 5.75 Å². The number of nitrogens with zero attached hydrogens (tertiary/aromatic N) is 3. The molecule has 0 saturated heterocycles. The number of hydrogen-bond acceptors (Lipinski definition) is 5. The number of amides is 1. The van der Waals surface area contributed by atoms with Crippen LogP contribution >= 0.6 is 0 Å². The molecule has 5 rings (SSSR count). The zero-order valence-corrected chi connectivity index (χ0v) is 21.9. The molecule has 0 fully saturated rings. The fourth-order valence-electron chi connectivity index (χ4n) is 4.97. The highest BCUT2D eigenvalue weighted by Gasteiger charge is 2.26. The number of aromatic amines is 1. The summed E-state index contributed by atoms with van der Waals surface area (Å²) in [6.07, 6.45) is 1.79. The number of rotatable bonds is 8. The quantitative estimate of drug-likeness (QED) is 0.312. The van der Waals surface area contributed by atoms with Gasteiger partial charge in [0, 0.05) is 24.8 Å². The standard InChI is InChI=1S/C30H28N4O5/c1-4-32(5-2)24(35)18-34-29(37)21-17-20(14-15-22(21)31-30(34)38)27(36)26-25(19-11-7-6-8-12-19)28(39-3)23-13-9-10-16-33(23)26/h6-17H,4-5,18H2,1-3H3,(H,31,38). The molecule has 198 valence electrons. The molecule has 5 aromatic rings. The second-order valence-corrected chi connectivity index (χ2v) is 9.06. The minimum absolute atomic E-state index is 0.141. The van der Waals surface area contributed by atoms with Crippen LogP contribution < -0.4 is 16.0 Å². The number of H-pyrrole nitrogens is 1. The SMILES string of the molecule is CCN(CC)C(=O)Cn1c(=O)[nH]c2ccc(C(=O)c3c(-c4ccccc4)c(OC)c4ccccn34)cc2c1=O. The second kappa shape index (κ2) is 10.4. The maximum atomic E-state index is 14.1. The van der Waals surface area contributed by atoms with Gasteiger partial charge in [-0.15, -0.1) is 0 Å². The van der Waals surface area contributed by atoms with Crippen LogP contribution in [0.2, 0.25) is 0 Å². The first-order valence-corrected chi connectivity index (χ1v) is 12.7. The van der Waals surface area contributed by atoms with Crippen molar-refractivity contribution in [2.24, 2.45) is 0 Å². The lowest BCUT2D eigenvalue weighted by molar-refractivity contribution is -0.131. The van der Waals surface area contributed by atoms with Crippen molar-refractivity contribution in [1.29, 1.82) is 0 Å². The molecule has 3 heterocycles. The summed E-state index contributed by atoms with van der Waals surface area (Å²) in [6, 6.07) is 19.6. The average Bonchev–Trinajstić information content (AvgIpc) is 3.30. The third-order valence-electron chi connectivity index (χ3n) is 6.93. The van der Waals surface area contributed by atoms with Crippen molar-refractivity contribution in [2.45, 2.75) is 20.4 Å². The minimum atomic E-state index is -0.680. The van der Waals surface area contributed by atoms with E-state index in [1.54, 1.807) is 28.7 Å². The topological polar surface area (TPSA) is 106 Å². The largest absolute Gasteiger partial charge is 0.494 e. The van der Waals surface area contributed by atoms with Crippen LogP contribution in [0.15, 0.2) is 82.5 Å². The van der Waals surface area contributed by atoms with E-state index in [1.165, 1.54) is 12.1 Å². The van der Waals surface area contributed by atoms with E-state index in [-0.39, 0.29) is 34.7 Å². The Bertz CT molecular complexity index is 1830. The fourth-order valence-corrected chi connectivity index (χ4v) is 4.97. The predicted octanol–water partition coefficient (Wildman–Crippen LogP) is 3.72. The number of likely N-dealkylation sites (N-methyl/N-ethyl adjacent to an activating group) is 1. The zero-order chi connectivity index (χ0) is 27.7. The van der Waals surface area contributed by atoms with Gasteiger partial charge in [-0.25, -0.2) is 4.79 Å². The molecule has 39 heavy (non-hydrogen) atoms. The lowest BCUT2D eigenvalue weighted by Crippen LogP contribution is -2.42. The van der Waals surface area contributed by atoms with E-state index < -0.39 is 11.2 Å². The number of aromatic nitrogens is 3. The van der Waals surface area contributed by atoms with Crippen LogP contribution in [0.1, 0.15) is 29.9 Å². The smallest absolute Gasteiger partial charge is 0.329 e. The zero-order valence-electron chi connectivity index (χ0n) is 21.9. The first-order valence-electron chi connectivity index (χ1n) is 12.7. The molecule has 0 unspecified atom stereocenters. The Balaban J connectivity index is 1.68. The summed E-state index contributed by atoms with van der Waals surface area (Å²) in [6.45, 7) is 4.20. The number of fused-ring (bicyclic) bond motifs is 2. The molecule has 3 aromatic heterocycles. The molecule has 1 amide bonds. The monoisotopic (exact) mass is 524 g/mol. The number of methoxy groups -OCH3 is 1. The van der Waals surface area contributed by atoms with Gasteiger partial charge in [-0.2, -0.15) is 0 Å². The van der Waals surface area contributed by atoms with Gasteiger partial charge in [0.15, 0.2) is 5.75 Å². The van der Waals surface area contributed by atoms with E-state index in [1.807, 2.05) is 62.4 Å². The molecule has 9 heteroatoms. The molecule has 0 aliphatic carbocycles. The summed E-state index contributed by atoms with van der Waals surface area (Å²) in [5.74, 6) is -0.0948. The minimum Gasteiger partial charge on any atom is -0.494 e. The lowest BCUT2D eigenvalue weighted by atomic mass is 9.98. The number of carbonyl (C=O) groups is 2. The summed E-state index contributed by atoms with van der Waals surface area (Å²) in [4.78, 5) is 57.0. The third-order valence-corrected chi connectivity index (χ3v) is 6.93. The molecular weight excluding hydrogens is 496 g/mol. The normalized spacial score (nSPS) is 11.2. The van der Waals surface area contributed by atoms with Gasteiger partial charge in [0.2, 0.25) is 11.7 Å². The van der Waals surface area contributed by atoms with Crippen LogP contribution in [0.25, 0.3) is 27.5 Å². The first kappa shape index (κ1) is 25.7. The van der Waals surface area contributed by atoms with E-state index >= 15 is 0 Å². The number of ketones is 1. The van der Waals surface area contributed by atoms with Gasteiger partial charge < -0.3 is 19.0 Å². The lowest BCUT2D eigenvalue weighted by Gasteiger charge is -2.18. The van der Waals surface area contributed by atoms with Crippen molar-refractivity contribution in [1.82, 2.24) is 18.9 Å². The predicted molar refractivity (Wildman–Crippen MR) is 150 cm³/mol. The Kier molecular flexibility index (Phi) is 6.89. The Labute approximate surface area is 223 Å². The van der Waals surface area contributed by atoms with Crippen LogP contribution in [0, 0.1) is 0 Å². The van der Waals surface area contributed by atoms with Gasteiger partial charge in [0.1, 0.15) is 12.2 Å². The maximum absolute atomic E-state index is 14.1. The van der Waals surface area contributed by atoms with Crippen molar-refractivity contribution in [3.63, 3.8) is 0 Å². The van der Waals surface area contributed by atoms with E-state index in [0.717, 1.165) is 15.6 Å². The van der Waals surface area contributed by atoms with Gasteiger partial charge in [-0.05, 0) is 49.7 Å². The summed E-state index contributed by atoms with van der Waals surface area (Å²) < 4.78 is 8.43. The van der Waals surface area contributed by atoms with Gasteiger partial charge >= 0.3 is 5.69 Å². The molecule has 0 atom stereocenters. The summed E-state index contributed by atoms with van der Waals surface area (Å²) in [5.41, 5.74) is 1.79. The number of ether oxygens (including phenoxy) is 1. The molecule has 0 spiro atoms. The van der Waals surface area contributed by atoms with Gasteiger partial charge in [0.25, 0.3) is 5.56 Å². The Morgan fingerprint density at radius 3 is 2.36 bits per heavy atom. The maximum Gasteiger partial charge on any atom is 0.329 e. The third kappa shape index (κ3) is 4.41.